The lowest BCUT2D eigenvalue weighted by atomic mass is 10.1. The molecule has 2 N–H and O–H groups in total. The summed E-state index contributed by atoms with van der Waals surface area (Å²) >= 11 is 0. The normalized spacial score (nSPS) is 12.5. The first-order valence-corrected chi connectivity index (χ1v) is 5.19. The highest BCUT2D eigenvalue weighted by molar-refractivity contribution is 5.47. The maximum atomic E-state index is 9.59. The molecule has 0 aromatic carbocycles. The van der Waals surface area contributed by atoms with E-state index >= 15 is 0 Å². The summed E-state index contributed by atoms with van der Waals surface area (Å²) in [5.41, 5.74) is 0.799. The van der Waals surface area contributed by atoms with Gasteiger partial charge in [-0.05, 0) is 19.9 Å². The molecule has 1 aromatic rings. The topological polar surface area (TPSA) is 56.6 Å². The molecule has 1 rings (SSSR count). The van der Waals surface area contributed by atoms with Crippen LogP contribution in [-0.2, 0) is 0 Å². The molecule has 0 saturated carbocycles. The van der Waals surface area contributed by atoms with Crippen LogP contribution in [0.1, 0.15) is 25.5 Å². The lowest BCUT2D eigenvalue weighted by Gasteiger charge is -2.24. The number of pyridine rings is 1. The van der Waals surface area contributed by atoms with Gasteiger partial charge in [-0.25, -0.2) is 4.98 Å². The van der Waals surface area contributed by atoms with Crippen molar-refractivity contribution in [2.24, 2.45) is 0 Å². The molecule has 0 saturated heterocycles. The van der Waals surface area contributed by atoms with E-state index in [9.17, 15) is 5.11 Å². The van der Waals surface area contributed by atoms with Crippen LogP contribution in [0.3, 0.4) is 0 Å². The summed E-state index contributed by atoms with van der Waals surface area (Å²) in [7, 11) is 0. The number of anilines is 1. The number of rotatable bonds is 5. The van der Waals surface area contributed by atoms with E-state index in [0.29, 0.717) is 6.54 Å². The summed E-state index contributed by atoms with van der Waals surface area (Å²) in [5, 5.41) is 18.5. The van der Waals surface area contributed by atoms with Gasteiger partial charge in [0.25, 0.3) is 0 Å². The van der Waals surface area contributed by atoms with E-state index in [1.807, 2.05) is 17.9 Å². The van der Waals surface area contributed by atoms with Crippen LogP contribution in [0.5, 0.6) is 0 Å². The van der Waals surface area contributed by atoms with Crippen molar-refractivity contribution in [3.8, 4) is 0 Å². The molecule has 4 heteroatoms. The largest absolute Gasteiger partial charge is 0.395 e. The average molecular weight is 210 g/mol. The molecular formula is C11H18N2O2. The Hall–Kier alpha value is -1.13. The molecule has 1 heterocycles. The van der Waals surface area contributed by atoms with Crippen LogP contribution < -0.4 is 4.90 Å². The first-order valence-electron chi connectivity index (χ1n) is 5.19. The molecular weight excluding hydrogens is 192 g/mol. The van der Waals surface area contributed by atoms with E-state index in [1.54, 1.807) is 19.2 Å². The van der Waals surface area contributed by atoms with Gasteiger partial charge in [0.2, 0.25) is 0 Å². The van der Waals surface area contributed by atoms with Gasteiger partial charge in [-0.2, -0.15) is 0 Å². The van der Waals surface area contributed by atoms with Gasteiger partial charge in [0.15, 0.2) is 0 Å². The van der Waals surface area contributed by atoms with Gasteiger partial charge >= 0.3 is 0 Å². The number of hydrogen-bond acceptors (Lipinski definition) is 4. The second-order valence-corrected chi connectivity index (χ2v) is 3.40. The van der Waals surface area contributed by atoms with Crippen molar-refractivity contribution in [3.05, 3.63) is 23.9 Å². The Bertz CT molecular complexity index is 302. The number of aliphatic hydroxyl groups excluding tert-OH is 2. The third-order valence-electron chi connectivity index (χ3n) is 2.32. The van der Waals surface area contributed by atoms with E-state index in [4.69, 9.17) is 5.11 Å². The van der Waals surface area contributed by atoms with E-state index in [1.165, 1.54) is 0 Å². The Balaban J connectivity index is 2.99. The number of hydrogen-bond donors (Lipinski definition) is 2. The highest BCUT2D eigenvalue weighted by Crippen LogP contribution is 2.22. The molecule has 0 bridgehead atoms. The van der Waals surface area contributed by atoms with Gasteiger partial charge < -0.3 is 15.1 Å². The molecule has 0 aliphatic heterocycles. The zero-order chi connectivity index (χ0) is 11.3. The van der Waals surface area contributed by atoms with Gasteiger partial charge in [-0.1, -0.05) is 6.07 Å². The van der Waals surface area contributed by atoms with E-state index in [0.717, 1.165) is 17.9 Å². The minimum Gasteiger partial charge on any atom is -0.395 e. The van der Waals surface area contributed by atoms with Crippen LogP contribution in [0.4, 0.5) is 5.82 Å². The predicted molar refractivity (Wildman–Crippen MR) is 59.8 cm³/mol. The van der Waals surface area contributed by atoms with Crippen LogP contribution in [0, 0.1) is 0 Å². The summed E-state index contributed by atoms with van der Waals surface area (Å²) in [6.45, 7) is 5.09. The Morgan fingerprint density at radius 3 is 2.80 bits per heavy atom. The standard InChI is InChI=1S/C11H18N2O2/c1-3-13(7-8-14)11-10(9(2)15)5-4-6-12-11/h4-6,9,14-15H,3,7-8H2,1-2H3. The van der Waals surface area contributed by atoms with Crippen LogP contribution in [0.15, 0.2) is 18.3 Å². The summed E-state index contributed by atoms with van der Waals surface area (Å²) in [6.07, 6.45) is 1.16. The number of nitrogens with zero attached hydrogens (tertiary/aromatic N) is 2. The minimum atomic E-state index is -0.540. The van der Waals surface area contributed by atoms with Gasteiger partial charge in [-0.3, -0.25) is 0 Å². The zero-order valence-corrected chi connectivity index (χ0v) is 9.22. The van der Waals surface area contributed by atoms with Crippen LogP contribution >= 0.6 is 0 Å². The molecule has 15 heavy (non-hydrogen) atoms. The van der Waals surface area contributed by atoms with E-state index < -0.39 is 6.10 Å². The highest BCUT2D eigenvalue weighted by atomic mass is 16.3. The summed E-state index contributed by atoms with van der Waals surface area (Å²) < 4.78 is 0. The molecule has 0 amide bonds. The van der Waals surface area contributed by atoms with Crippen LogP contribution in [-0.4, -0.2) is 34.9 Å². The smallest absolute Gasteiger partial charge is 0.134 e. The molecule has 0 aliphatic rings. The Labute approximate surface area is 90.2 Å². The van der Waals surface area contributed by atoms with Crippen molar-refractivity contribution in [2.75, 3.05) is 24.6 Å². The monoisotopic (exact) mass is 210 g/mol. The van der Waals surface area contributed by atoms with Crippen molar-refractivity contribution >= 4 is 5.82 Å². The fourth-order valence-electron chi connectivity index (χ4n) is 1.53. The summed E-state index contributed by atoms with van der Waals surface area (Å²) in [5.74, 6) is 0.754. The number of likely N-dealkylation sites (N-methyl/N-ethyl adjacent to an activating group) is 1. The van der Waals surface area contributed by atoms with Crippen molar-refractivity contribution in [1.82, 2.24) is 4.98 Å². The Kier molecular flexibility index (Phi) is 4.52. The predicted octanol–water partition coefficient (Wildman–Crippen LogP) is 0.953. The van der Waals surface area contributed by atoms with Crippen molar-refractivity contribution in [2.45, 2.75) is 20.0 Å². The summed E-state index contributed by atoms with van der Waals surface area (Å²) in [4.78, 5) is 6.19. The maximum absolute atomic E-state index is 9.59. The number of aromatic nitrogens is 1. The van der Waals surface area contributed by atoms with Crippen molar-refractivity contribution in [3.63, 3.8) is 0 Å². The molecule has 84 valence electrons. The molecule has 1 aromatic heterocycles. The van der Waals surface area contributed by atoms with Crippen molar-refractivity contribution in [1.29, 1.82) is 0 Å². The molecule has 1 atom stereocenters. The summed E-state index contributed by atoms with van der Waals surface area (Å²) in [6, 6.07) is 3.66. The average Bonchev–Trinajstić information content (AvgIpc) is 2.26. The first kappa shape index (κ1) is 11.9. The molecule has 0 aliphatic carbocycles. The third kappa shape index (κ3) is 2.91. The zero-order valence-electron chi connectivity index (χ0n) is 9.22. The van der Waals surface area contributed by atoms with Gasteiger partial charge in [0.05, 0.1) is 12.7 Å². The Morgan fingerprint density at radius 1 is 1.53 bits per heavy atom. The lowest BCUT2D eigenvalue weighted by Crippen LogP contribution is -2.28. The second kappa shape index (κ2) is 5.68. The maximum Gasteiger partial charge on any atom is 0.134 e. The fourth-order valence-corrected chi connectivity index (χ4v) is 1.53. The van der Waals surface area contributed by atoms with E-state index in [2.05, 4.69) is 4.98 Å². The van der Waals surface area contributed by atoms with Crippen LogP contribution in [0.25, 0.3) is 0 Å². The molecule has 0 spiro atoms. The first-order chi connectivity index (χ1) is 7.20. The molecule has 4 nitrogen and oxygen atoms in total. The minimum absolute atomic E-state index is 0.0870. The number of aliphatic hydroxyl groups is 2. The lowest BCUT2D eigenvalue weighted by molar-refractivity contribution is 0.199. The SMILES string of the molecule is CCN(CCO)c1ncccc1C(C)O. The van der Waals surface area contributed by atoms with Crippen molar-refractivity contribution < 1.29 is 10.2 Å². The van der Waals surface area contributed by atoms with Gasteiger partial charge in [-0.15, -0.1) is 0 Å². The molecule has 1 unspecified atom stereocenters. The quantitative estimate of drug-likeness (QED) is 0.760. The van der Waals surface area contributed by atoms with Gasteiger partial charge in [0, 0.05) is 24.8 Å². The van der Waals surface area contributed by atoms with E-state index in [-0.39, 0.29) is 6.61 Å². The van der Waals surface area contributed by atoms with Crippen LogP contribution in [0.2, 0.25) is 0 Å². The third-order valence-corrected chi connectivity index (χ3v) is 2.32. The second-order valence-electron chi connectivity index (χ2n) is 3.40. The molecule has 0 radical (unpaired) electrons. The van der Waals surface area contributed by atoms with Gasteiger partial charge in [0.1, 0.15) is 5.82 Å². The molecule has 0 fully saturated rings. The fraction of sp³-hybridized carbons (Fsp3) is 0.545. The Morgan fingerprint density at radius 2 is 2.27 bits per heavy atom. The highest BCUT2D eigenvalue weighted by Gasteiger charge is 2.13.